The summed E-state index contributed by atoms with van der Waals surface area (Å²) in [5, 5.41) is 26.1. The number of hydrogen-bond donors (Lipinski definition) is 1. The molecule has 0 radical (unpaired) electrons. The Labute approximate surface area is 138 Å². The number of imide groups is 1. The van der Waals surface area contributed by atoms with Crippen molar-refractivity contribution in [3.8, 4) is 0 Å². The van der Waals surface area contributed by atoms with E-state index >= 15 is 0 Å². The molecule has 1 aromatic carbocycles. The van der Waals surface area contributed by atoms with Crippen molar-refractivity contribution >= 4 is 11.8 Å². The lowest BCUT2D eigenvalue weighted by Gasteiger charge is -2.25. The number of hydrogen-bond acceptors (Lipinski definition) is 6. The van der Waals surface area contributed by atoms with E-state index in [0.29, 0.717) is 42.0 Å². The van der Waals surface area contributed by atoms with E-state index in [4.69, 9.17) is 4.84 Å². The summed E-state index contributed by atoms with van der Waals surface area (Å²) in [5.74, 6) is -0.950. The maximum Gasteiger partial charge on any atom is 0.264 e. The number of carbonyl (C=O) groups excluding carboxylic acids is 2. The first-order valence-electron chi connectivity index (χ1n) is 7.73. The van der Waals surface area contributed by atoms with Gasteiger partial charge in [-0.3, -0.25) is 9.59 Å². The predicted molar refractivity (Wildman–Crippen MR) is 80.4 cm³/mol. The fraction of sp³-hybridized carbons (Fsp3) is 0.467. The molecule has 1 atom stereocenters. The molecule has 0 bridgehead atoms. The van der Waals surface area contributed by atoms with Crippen molar-refractivity contribution in [1.82, 2.24) is 9.91 Å². The molecule has 0 aromatic heterocycles. The third-order valence-electron chi connectivity index (χ3n) is 4.14. The van der Waals surface area contributed by atoms with Crippen LogP contribution in [0.1, 0.15) is 40.5 Å². The van der Waals surface area contributed by atoms with Crippen molar-refractivity contribution in [3.05, 3.63) is 40.6 Å². The summed E-state index contributed by atoms with van der Waals surface area (Å²) < 4.78 is 0. The van der Waals surface area contributed by atoms with Gasteiger partial charge in [0.15, 0.2) is 0 Å². The molecule has 2 aliphatic heterocycles. The molecule has 9 nitrogen and oxygen atoms in total. The van der Waals surface area contributed by atoms with Crippen molar-refractivity contribution in [2.75, 3.05) is 13.1 Å². The Morgan fingerprint density at radius 3 is 2.33 bits per heavy atom. The molecule has 1 N–H and O–H groups in total. The summed E-state index contributed by atoms with van der Waals surface area (Å²) >= 11 is 0. The molecule has 24 heavy (non-hydrogen) atoms. The number of rotatable bonds is 4. The lowest BCUT2D eigenvalue weighted by molar-refractivity contribution is -0.714. The van der Waals surface area contributed by atoms with E-state index in [0.717, 1.165) is 4.90 Å². The number of aliphatic hydroxyl groups is 1. The van der Waals surface area contributed by atoms with Gasteiger partial charge in [0.1, 0.15) is 0 Å². The maximum atomic E-state index is 12.3. The Hall–Kier alpha value is -2.68. The smallest absolute Gasteiger partial charge is 0.264 e. The highest BCUT2D eigenvalue weighted by Crippen LogP contribution is 2.24. The van der Waals surface area contributed by atoms with Gasteiger partial charge in [0.25, 0.3) is 11.8 Å². The summed E-state index contributed by atoms with van der Waals surface area (Å²) in [6, 6.07) is 6.48. The Bertz CT molecular complexity index is 649. The van der Waals surface area contributed by atoms with Crippen LogP contribution in [0.15, 0.2) is 29.5 Å². The van der Waals surface area contributed by atoms with Gasteiger partial charge in [-0.15, -0.1) is 5.01 Å². The first kappa shape index (κ1) is 16.2. The topological polar surface area (TPSA) is 109 Å². The third-order valence-corrected chi connectivity index (χ3v) is 4.14. The van der Waals surface area contributed by atoms with Gasteiger partial charge in [-0.25, -0.2) is 4.90 Å². The van der Waals surface area contributed by atoms with E-state index < -0.39 is 24.1 Å². The molecule has 9 heteroatoms. The van der Waals surface area contributed by atoms with Crippen LogP contribution >= 0.6 is 0 Å². The number of aliphatic hydroxyl groups excluding tert-OH is 1. The van der Waals surface area contributed by atoms with Crippen LogP contribution in [0, 0.1) is 5.21 Å². The van der Waals surface area contributed by atoms with Crippen LogP contribution in [0.5, 0.6) is 0 Å². The number of fused-ring (bicyclic) bond motifs is 1. The maximum absolute atomic E-state index is 12.3. The lowest BCUT2D eigenvalue weighted by Crippen LogP contribution is -2.41. The number of hydrazine groups is 1. The molecule has 1 aromatic rings. The highest BCUT2D eigenvalue weighted by atomic mass is 16.7. The van der Waals surface area contributed by atoms with E-state index in [2.05, 4.69) is 5.28 Å². The number of amides is 2. The van der Waals surface area contributed by atoms with Gasteiger partial charge in [0.2, 0.25) is 11.5 Å². The monoisotopic (exact) mass is 334 g/mol. The molecular formula is C15H18N4O5. The molecular weight excluding hydrogens is 316 g/mol. The van der Waals surface area contributed by atoms with Crippen LogP contribution < -0.4 is 0 Å². The van der Waals surface area contributed by atoms with Crippen LogP contribution in [0.4, 0.5) is 0 Å². The summed E-state index contributed by atoms with van der Waals surface area (Å²) in [7, 11) is 0. The second kappa shape index (κ2) is 6.44. The molecule has 1 fully saturated rings. The number of benzene rings is 1. The zero-order chi connectivity index (χ0) is 17.3. The molecule has 1 saturated heterocycles. The largest absolute Gasteiger partial charge is 0.569 e. The standard InChI is InChI=1S/C15H18N4O5/c1-10(24-16-19(23)17-8-6-11(20)7-9-17)18-14(21)12-4-2-3-5-13(12)15(18)22/h2-5,10-11,20H,6-9H2,1H3/b19-16+. The second-order valence-electron chi connectivity index (χ2n) is 5.75. The second-order valence-corrected chi connectivity index (χ2v) is 5.75. The third kappa shape index (κ3) is 2.90. The fourth-order valence-electron chi connectivity index (χ4n) is 2.77. The zero-order valence-electron chi connectivity index (χ0n) is 13.2. The van der Waals surface area contributed by atoms with Crippen LogP contribution in [0.25, 0.3) is 0 Å². The van der Waals surface area contributed by atoms with Crippen molar-refractivity contribution in [2.45, 2.75) is 32.1 Å². The van der Waals surface area contributed by atoms with E-state index in [9.17, 15) is 19.9 Å². The molecule has 2 heterocycles. The molecule has 1 unspecified atom stereocenters. The number of nitrogens with zero attached hydrogens (tertiary/aromatic N) is 4. The zero-order valence-corrected chi connectivity index (χ0v) is 13.2. The first-order valence-corrected chi connectivity index (χ1v) is 7.73. The molecule has 0 aliphatic carbocycles. The van der Waals surface area contributed by atoms with Crippen molar-refractivity contribution in [3.63, 3.8) is 0 Å². The lowest BCUT2D eigenvalue weighted by atomic mass is 10.1. The van der Waals surface area contributed by atoms with Crippen molar-refractivity contribution < 1.29 is 24.5 Å². The van der Waals surface area contributed by atoms with Crippen LogP contribution in [0.2, 0.25) is 0 Å². The van der Waals surface area contributed by atoms with Gasteiger partial charge >= 0.3 is 0 Å². The Balaban J connectivity index is 1.65. The number of carbonyl (C=O) groups is 2. The average molecular weight is 334 g/mol. The van der Waals surface area contributed by atoms with E-state index in [1.54, 1.807) is 24.3 Å². The minimum absolute atomic E-state index is 0.292. The van der Waals surface area contributed by atoms with Gasteiger partial charge in [-0.2, -0.15) is 0 Å². The normalized spacial score (nSPS) is 20.3. The van der Waals surface area contributed by atoms with E-state index in [1.807, 2.05) is 0 Å². The quantitative estimate of drug-likeness (QED) is 0.379. The van der Waals surface area contributed by atoms with Crippen LogP contribution in [-0.2, 0) is 4.84 Å². The Kier molecular flexibility index (Phi) is 4.34. The highest BCUT2D eigenvalue weighted by molar-refractivity contribution is 6.21. The molecule has 2 amide bonds. The van der Waals surface area contributed by atoms with E-state index in [1.165, 1.54) is 11.9 Å². The average Bonchev–Trinajstić information content (AvgIpc) is 2.85. The SMILES string of the molecule is CC(O/N=[N+](/[O-])N1CCC(O)CC1)N1C(=O)c2ccccc2C1=O. The van der Waals surface area contributed by atoms with Crippen molar-refractivity contribution in [1.29, 1.82) is 0 Å². The number of piperidine rings is 1. The Morgan fingerprint density at radius 2 is 1.79 bits per heavy atom. The molecule has 0 spiro atoms. The predicted octanol–water partition coefficient (Wildman–Crippen LogP) is 0.894. The summed E-state index contributed by atoms with van der Waals surface area (Å²) in [6.07, 6.45) is -0.471. The summed E-state index contributed by atoms with van der Waals surface area (Å²) in [6.45, 7) is 2.19. The first-order chi connectivity index (χ1) is 11.5. The summed E-state index contributed by atoms with van der Waals surface area (Å²) in [5.41, 5.74) is 0.615. The van der Waals surface area contributed by atoms with Crippen LogP contribution in [-0.4, -0.2) is 57.2 Å². The highest BCUT2D eigenvalue weighted by Gasteiger charge is 2.39. The Morgan fingerprint density at radius 1 is 1.25 bits per heavy atom. The van der Waals surface area contributed by atoms with Gasteiger partial charge < -0.3 is 15.2 Å². The van der Waals surface area contributed by atoms with Gasteiger partial charge in [-0.05, 0) is 31.9 Å². The molecule has 3 rings (SSSR count). The fourth-order valence-corrected chi connectivity index (χ4v) is 2.77. The van der Waals surface area contributed by atoms with E-state index in [-0.39, 0.29) is 0 Å². The summed E-state index contributed by atoms with van der Waals surface area (Å²) in [4.78, 5) is 30.9. The molecule has 128 valence electrons. The molecule has 0 saturated carbocycles. The minimum Gasteiger partial charge on any atom is -0.569 e. The van der Waals surface area contributed by atoms with Crippen LogP contribution in [0.3, 0.4) is 0 Å². The van der Waals surface area contributed by atoms with Gasteiger partial charge in [-0.1, -0.05) is 12.1 Å². The van der Waals surface area contributed by atoms with Crippen molar-refractivity contribution in [2.24, 2.45) is 5.28 Å². The molecule has 2 aliphatic rings. The van der Waals surface area contributed by atoms with Gasteiger partial charge in [0, 0.05) is 0 Å². The van der Waals surface area contributed by atoms with Gasteiger partial charge in [0.05, 0.1) is 35.3 Å². The minimum atomic E-state index is -1.01.